The van der Waals surface area contributed by atoms with E-state index in [1.165, 1.54) is 0 Å². The van der Waals surface area contributed by atoms with Gasteiger partial charge in [0.05, 0.1) is 10.5 Å². The molecule has 0 bridgehead atoms. The zero-order valence-electron chi connectivity index (χ0n) is 13.4. The molecule has 0 aliphatic rings. The molecule has 1 unspecified atom stereocenters. The van der Waals surface area contributed by atoms with Crippen LogP contribution in [0.3, 0.4) is 0 Å². The molecule has 7 nitrogen and oxygen atoms in total. The van der Waals surface area contributed by atoms with Gasteiger partial charge in [-0.3, -0.25) is 14.9 Å². The lowest BCUT2D eigenvalue weighted by Crippen LogP contribution is -2.32. The van der Waals surface area contributed by atoms with Crippen LogP contribution in [0, 0.1) is 16.0 Å². The van der Waals surface area contributed by atoms with E-state index < -0.39 is 22.4 Å². The number of hydrogen-bond donors (Lipinski definition) is 3. The molecule has 1 rings (SSSR count). The quantitative estimate of drug-likeness (QED) is 0.471. The van der Waals surface area contributed by atoms with Crippen LogP contribution in [0.4, 0.5) is 24.5 Å². The number of nitrogens with two attached hydrogens (primary N) is 1. The number of nitrogens with zero attached hydrogens (tertiary/aromatic N) is 1. The molecule has 142 valence electrons. The minimum absolute atomic E-state index is 0. The molecule has 1 aromatic carbocycles. The summed E-state index contributed by atoms with van der Waals surface area (Å²) in [6, 6.07) is 2.19. The summed E-state index contributed by atoms with van der Waals surface area (Å²) in [6.45, 7) is 2.76. The Kier molecular flexibility index (Phi) is 9.21. The Labute approximate surface area is 148 Å². The molecule has 0 fully saturated rings. The number of amides is 1. The highest BCUT2D eigenvalue weighted by Gasteiger charge is 2.33. The van der Waals surface area contributed by atoms with Gasteiger partial charge in [0, 0.05) is 25.6 Å². The SMILES string of the molecule is CC(CN)CNC(=O)CCNc1ccc(C(F)(F)F)cc1[N+](=O)[O-].Cl. The van der Waals surface area contributed by atoms with E-state index in [2.05, 4.69) is 10.6 Å². The average molecular weight is 385 g/mol. The van der Waals surface area contributed by atoms with Crippen LogP contribution in [0.2, 0.25) is 0 Å². The van der Waals surface area contributed by atoms with Crippen molar-refractivity contribution in [3.05, 3.63) is 33.9 Å². The Morgan fingerprint density at radius 3 is 2.56 bits per heavy atom. The number of nitro benzene ring substituents is 1. The first-order chi connectivity index (χ1) is 11.1. The molecule has 25 heavy (non-hydrogen) atoms. The third-order valence-corrected chi connectivity index (χ3v) is 3.24. The van der Waals surface area contributed by atoms with Crippen LogP contribution in [0.5, 0.6) is 0 Å². The van der Waals surface area contributed by atoms with E-state index in [4.69, 9.17) is 5.73 Å². The lowest BCUT2D eigenvalue weighted by molar-refractivity contribution is -0.384. The van der Waals surface area contributed by atoms with Crippen LogP contribution < -0.4 is 16.4 Å². The summed E-state index contributed by atoms with van der Waals surface area (Å²) in [5.41, 5.74) is 3.55. The van der Waals surface area contributed by atoms with Gasteiger partial charge < -0.3 is 16.4 Å². The third-order valence-electron chi connectivity index (χ3n) is 3.24. The van der Waals surface area contributed by atoms with E-state index in [0.717, 1.165) is 12.1 Å². The van der Waals surface area contributed by atoms with Crippen LogP contribution in [0.25, 0.3) is 0 Å². The fourth-order valence-electron chi connectivity index (χ4n) is 1.78. The molecule has 4 N–H and O–H groups in total. The van der Waals surface area contributed by atoms with Crippen molar-refractivity contribution in [1.82, 2.24) is 5.32 Å². The van der Waals surface area contributed by atoms with Crippen molar-refractivity contribution in [2.24, 2.45) is 11.7 Å². The fourth-order valence-corrected chi connectivity index (χ4v) is 1.78. The molecule has 0 saturated carbocycles. The number of benzene rings is 1. The highest BCUT2D eigenvalue weighted by Crippen LogP contribution is 2.34. The fraction of sp³-hybridized carbons (Fsp3) is 0.500. The van der Waals surface area contributed by atoms with E-state index in [1.54, 1.807) is 0 Å². The van der Waals surface area contributed by atoms with Crippen molar-refractivity contribution in [3.63, 3.8) is 0 Å². The van der Waals surface area contributed by atoms with Gasteiger partial charge in [0.25, 0.3) is 5.69 Å². The van der Waals surface area contributed by atoms with Gasteiger partial charge in [0.2, 0.25) is 5.91 Å². The number of anilines is 1. The monoisotopic (exact) mass is 384 g/mol. The molecule has 0 spiro atoms. The molecule has 0 heterocycles. The second kappa shape index (κ2) is 10.0. The lowest BCUT2D eigenvalue weighted by Gasteiger charge is -2.12. The summed E-state index contributed by atoms with van der Waals surface area (Å²) in [6.07, 6.45) is -4.64. The maximum absolute atomic E-state index is 12.6. The van der Waals surface area contributed by atoms with Gasteiger partial charge in [-0.25, -0.2) is 0 Å². The summed E-state index contributed by atoms with van der Waals surface area (Å²) in [4.78, 5) is 21.6. The third kappa shape index (κ3) is 7.57. The first-order valence-corrected chi connectivity index (χ1v) is 7.21. The second-order valence-electron chi connectivity index (χ2n) is 5.31. The molecule has 1 aromatic rings. The maximum atomic E-state index is 12.6. The summed E-state index contributed by atoms with van der Waals surface area (Å²) in [5.74, 6) is -0.157. The Morgan fingerprint density at radius 2 is 2.04 bits per heavy atom. The van der Waals surface area contributed by atoms with Gasteiger partial charge >= 0.3 is 6.18 Å². The smallest absolute Gasteiger partial charge is 0.379 e. The zero-order valence-corrected chi connectivity index (χ0v) is 14.2. The molecule has 0 aliphatic heterocycles. The van der Waals surface area contributed by atoms with Crippen molar-refractivity contribution >= 4 is 29.7 Å². The van der Waals surface area contributed by atoms with Crippen molar-refractivity contribution < 1.29 is 22.9 Å². The number of hydrogen-bond acceptors (Lipinski definition) is 5. The van der Waals surface area contributed by atoms with E-state index in [0.29, 0.717) is 19.2 Å². The Hall–Kier alpha value is -2.07. The number of nitro groups is 1. The summed E-state index contributed by atoms with van der Waals surface area (Å²) in [5, 5.41) is 16.2. The van der Waals surface area contributed by atoms with Crippen LogP contribution in [0.1, 0.15) is 18.9 Å². The highest BCUT2D eigenvalue weighted by molar-refractivity contribution is 5.85. The maximum Gasteiger partial charge on any atom is 0.416 e. The van der Waals surface area contributed by atoms with E-state index in [-0.39, 0.29) is 42.9 Å². The molecule has 1 atom stereocenters. The van der Waals surface area contributed by atoms with Crippen molar-refractivity contribution in [1.29, 1.82) is 0 Å². The standard InChI is InChI=1S/C14H19F3N4O3.ClH/c1-9(7-18)8-20-13(22)4-5-19-11-3-2-10(14(15,16)17)6-12(11)21(23)24;/h2-3,6,9,19H,4-5,7-8,18H2,1H3,(H,20,22);1H. The number of nitrogens with one attached hydrogen (secondary N) is 2. The van der Waals surface area contributed by atoms with Gasteiger partial charge in [-0.2, -0.15) is 13.2 Å². The Morgan fingerprint density at radius 1 is 1.40 bits per heavy atom. The van der Waals surface area contributed by atoms with E-state index in [9.17, 15) is 28.1 Å². The minimum Gasteiger partial charge on any atom is -0.379 e. The summed E-state index contributed by atoms with van der Waals surface area (Å²) < 4.78 is 37.8. The van der Waals surface area contributed by atoms with E-state index in [1.807, 2.05) is 6.92 Å². The number of carbonyl (C=O) groups excluding carboxylic acids is 1. The Bertz CT molecular complexity index is 599. The van der Waals surface area contributed by atoms with Crippen LogP contribution in [-0.2, 0) is 11.0 Å². The molecule has 0 aromatic heterocycles. The molecule has 11 heteroatoms. The van der Waals surface area contributed by atoms with Crippen molar-refractivity contribution in [3.8, 4) is 0 Å². The Balaban J connectivity index is 0.00000576. The predicted octanol–water partition coefficient (Wildman–Crippen LogP) is 2.55. The molecular formula is C14H20ClF3N4O3. The van der Waals surface area contributed by atoms with Gasteiger partial charge in [0.15, 0.2) is 0 Å². The molecule has 0 radical (unpaired) electrons. The molecule has 0 saturated heterocycles. The second-order valence-corrected chi connectivity index (χ2v) is 5.31. The van der Waals surface area contributed by atoms with Crippen LogP contribution in [0.15, 0.2) is 18.2 Å². The van der Waals surface area contributed by atoms with Gasteiger partial charge in [-0.15, -0.1) is 12.4 Å². The molecular weight excluding hydrogens is 365 g/mol. The topological polar surface area (TPSA) is 110 Å². The number of rotatable bonds is 8. The largest absolute Gasteiger partial charge is 0.416 e. The van der Waals surface area contributed by atoms with Crippen LogP contribution >= 0.6 is 12.4 Å². The minimum atomic E-state index is -4.66. The first kappa shape index (κ1) is 22.9. The summed E-state index contributed by atoms with van der Waals surface area (Å²) >= 11 is 0. The van der Waals surface area contributed by atoms with E-state index >= 15 is 0 Å². The number of alkyl halides is 3. The zero-order chi connectivity index (χ0) is 18.3. The van der Waals surface area contributed by atoms with Crippen molar-refractivity contribution in [2.75, 3.05) is 25.0 Å². The number of carbonyl (C=O) groups is 1. The normalized spacial score (nSPS) is 12.0. The van der Waals surface area contributed by atoms with Crippen molar-refractivity contribution in [2.45, 2.75) is 19.5 Å². The molecule has 0 aliphatic carbocycles. The van der Waals surface area contributed by atoms with Crippen LogP contribution in [-0.4, -0.2) is 30.5 Å². The highest BCUT2D eigenvalue weighted by atomic mass is 35.5. The summed E-state index contributed by atoms with van der Waals surface area (Å²) in [7, 11) is 0. The molecule has 1 amide bonds. The lowest BCUT2D eigenvalue weighted by atomic mass is 10.1. The van der Waals surface area contributed by atoms with Gasteiger partial charge in [0.1, 0.15) is 5.69 Å². The predicted molar refractivity (Wildman–Crippen MR) is 89.7 cm³/mol. The number of halogens is 4. The first-order valence-electron chi connectivity index (χ1n) is 7.21. The van der Waals surface area contributed by atoms with Gasteiger partial charge in [-0.1, -0.05) is 6.92 Å². The average Bonchev–Trinajstić information content (AvgIpc) is 2.51. The van der Waals surface area contributed by atoms with Gasteiger partial charge in [-0.05, 0) is 24.6 Å².